The molecule has 79 valence electrons. The molecule has 12 heteroatoms. The molecule has 0 aromatic rings. The summed E-state index contributed by atoms with van der Waals surface area (Å²) in [5.41, 5.74) is 0. The first kappa shape index (κ1) is 45.1. The Balaban J connectivity index is -0.0000000112. The molecule has 0 unspecified atom stereocenters. The Hall–Kier alpha value is -1.21. The van der Waals surface area contributed by atoms with Gasteiger partial charge >= 0.3 is 16.8 Å². The average molecular weight is 237 g/mol. The van der Waals surface area contributed by atoms with E-state index in [2.05, 4.69) is 0 Å². The zero-order chi connectivity index (χ0) is 7.15. The minimum Gasteiger partial charge on any atom is -0.412 e. The number of hydrogen-bond donors (Lipinski definition) is 0. The van der Waals surface area contributed by atoms with Crippen molar-refractivity contribution < 1.29 is 43.4 Å². The van der Waals surface area contributed by atoms with Crippen molar-refractivity contribution in [1.29, 1.82) is 0 Å². The average Bonchev–Trinajstić information content (AvgIpc) is 1.25. The zero-order valence-electron chi connectivity index (χ0n) is 5.18. The van der Waals surface area contributed by atoms with Gasteiger partial charge in [-0.15, -0.1) is 0 Å². The molecule has 0 spiro atoms. The molecule has 0 aromatic carbocycles. The van der Waals surface area contributed by atoms with Gasteiger partial charge in [-0.1, -0.05) is 0 Å². The first-order valence-electron chi connectivity index (χ1n) is 1.10. The fraction of sp³-hybridized carbons (Fsp3) is 0. The number of nitrogens with zero attached hydrogens (tertiary/aromatic N) is 2. The van der Waals surface area contributed by atoms with Gasteiger partial charge in [0.2, 0.25) is 0 Å². The van der Waals surface area contributed by atoms with Crippen molar-refractivity contribution in [1.82, 2.24) is 0 Å². The third-order valence-corrected chi connectivity index (χ3v) is 0. The zero-order valence-corrected chi connectivity index (χ0v) is 6.22. The molecule has 0 saturated carbocycles. The van der Waals surface area contributed by atoms with Crippen LogP contribution in [-0.4, -0.2) is 26.6 Å². The molecule has 0 atom stereocenters. The summed E-state index contributed by atoms with van der Waals surface area (Å²) < 4.78 is 0. The van der Waals surface area contributed by atoms with E-state index in [0.717, 1.165) is 0 Å². The van der Waals surface area contributed by atoms with Crippen LogP contribution in [-0.2, 0) is 16.8 Å². The van der Waals surface area contributed by atoms with Gasteiger partial charge in [0, 0.05) is 0 Å². The van der Waals surface area contributed by atoms with Crippen molar-refractivity contribution in [3.63, 3.8) is 0 Å². The van der Waals surface area contributed by atoms with E-state index in [0.29, 0.717) is 0 Å². The van der Waals surface area contributed by atoms with Crippen LogP contribution in [0.2, 0.25) is 0 Å². The van der Waals surface area contributed by atoms with Crippen LogP contribution in [0.1, 0.15) is 0 Å². The first-order chi connectivity index (χ1) is 3.46. The number of hydrogen-bond acceptors (Lipinski definition) is 6. The largest absolute Gasteiger partial charge is 2.00 e. The van der Waals surface area contributed by atoms with Crippen LogP contribution < -0.4 is 0 Å². The Kier molecular flexibility index (Phi) is 124. The fourth-order valence-corrected chi connectivity index (χ4v) is 0. The Morgan fingerprint density at radius 2 is 0.667 bits per heavy atom. The third-order valence-electron chi connectivity index (χ3n) is 0. The molecular weight excluding hydrogens is 231 g/mol. The maximum atomic E-state index is 8.25. The van der Waals surface area contributed by atoms with Crippen molar-refractivity contribution >= 4 is 0 Å². The van der Waals surface area contributed by atoms with E-state index >= 15 is 0 Å². The molecule has 11 nitrogen and oxygen atoms in total. The molecule has 0 heterocycles. The third kappa shape index (κ3) is 362. The van der Waals surface area contributed by atoms with Gasteiger partial charge in [0.05, 0.1) is 10.2 Å². The Labute approximate surface area is 74.9 Å². The predicted octanol–water partition coefficient (Wildman–Crippen LogP) is -2.95. The molecule has 0 aliphatic carbocycles. The van der Waals surface area contributed by atoms with Crippen molar-refractivity contribution in [2.45, 2.75) is 0 Å². The van der Waals surface area contributed by atoms with Crippen LogP contribution in [0.4, 0.5) is 0 Å². The van der Waals surface area contributed by atoms with Gasteiger partial charge in [-0.25, -0.2) is 0 Å². The van der Waals surface area contributed by atoms with Gasteiger partial charge < -0.3 is 47.1 Å². The van der Waals surface area contributed by atoms with Crippen LogP contribution in [0.5, 0.6) is 0 Å². The summed E-state index contributed by atoms with van der Waals surface area (Å²) >= 11 is 0. The van der Waals surface area contributed by atoms with E-state index in [9.17, 15) is 0 Å². The molecule has 0 saturated heterocycles. The van der Waals surface area contributed by atoms with Crippen molar-refractivity contribution in [3.8, 4) is 0 Å². The van der Waals surface area contributed by atoms with Gasteiger partial charge in [-0.05, 0) is 0 Å². The monoisotopic (exact) mass is 237 g/mol. The van der Waals surface area contributed by atoms with Crippen LogP contribution in [0.3, 0.4) is 0 Å². The van der Waals surface area contributed by atoms with E-state index in [1.165, 1.54) is 0 Å². The van der Waals surface area contributed by atoms with E-state index in [1.807, 2.05) is 0 Å². The molecule has 0 fully saturated rings. The van der Waals surface area contributed by atoms with Crippen molar-refractivity contribution in [3.05, 3.63) is 30.6 Å². The van der Waals surface area contributed by atoms with Crippen molar-refractivity contribution in [2.24, 2.45) is 0 Å². The smallest absolute Gasteiger partial charge is 0.412 e. The maximum absolute atomic E-state index is 8.25. The quantitative estimate of drug-likeness (QED) is 0.315. The SMILES string of the molecule is O.O.O.O=[N+]([O-])[O-].O=[N+]([O-])[O-].[Co+2]. The van der Waals surface area contributed by atoms with Gasteiger partial charge in [0.15, 0.2) is 0 Å². The first-order valence-corrected chi connectivity index (χ1v) is 1.10. The van der Waals surface area contributed by atoms with E-state index in [-0.39, 0.29) is 33.2 Å². The van der Waals surface area contributed by atoms with Crippen LogP contribution >= 0.6 is 0 Å². The summed E-state index contributed by atoms with van der Waals surface area (Å²) in [7, 11) is 0. The molecule has 0 amide bonds. The van der Waals surface area contributed by atoms with E-state index < -0.39 is 10.2 Å². The predicted molar refractivity (Wildman–Crippen MR) is 31.6 cm³/mol. The summed E-state index contributed by atoms with van der Waals surface area (Å²) in [4.78, 5) is 16.5. The number of rotatable bonds is 0. The molecule has 1 radical (unpaired) electrons. The van der Waals surface area contributed by atoms with Gasteiger partial charge in [-0.2, -0.15) is 0 Å². The van der Waals surface area contributed by atoms with E-state index in [4.69, 9.17) is 30.6 Å². The van der Waals surface area contributed by atoms with Gasteiger partial charge in [0.25, 0.3) is 0 Å². The normalized spacial score (nSPS) is 4.00. The molecule has 0 rings (SSSR count). The second-order valence-electron chi connectivity index (χ2n) is 0.447. The topological polar surface area (TPSA) is 227 Å². The maximum Gasteiger partial charge on any atom is 2.00 e. The van der Waals surface area contributed by atoms with Crippen LogP contribution in [0.15, 0.2) is 0 Å². The Bertz CT molecular complexity index is 70.5. The molecule has 0 bridgehead atoms. The molecule has 0 aliphatic rings. The van der Waals surface area contributed by atoms with E-state index in [1.54, 1.807) is 0 Å². The summed E-state index contributed by atoms with van der Waals surface area (Å²) in [6.45, 7) is 0. The second-order valence-corrected chi connectivity index (χ2v) is 0.447. The van der Waals surface area contributed by atoms with Crippen molar-refractivity contribution in [2.75, 3.05) is 0 Å². The van der Waals surface area contributed by atoms with Gasteiger partial charge in [0.1, 0.15) is 0 Å². The van der Waals surface area contributed by atoms with Crippen LogP contribution in [0.25, 0.3) is 0 Å². The Morgan fingerprint density at radius 3 is 0.667 bits per heavy atom. The molecular formula is H6CoN2O9. The van der Waals surface area contributed by atoms with Gasteiger partial charge in [-0.3, -0.25) is 0 Å². The molecule has 0 aromatic heterocycles. The fourth-order valence-electron chi connectivity index (χ4n) is 0. The summed E-state index contributed by atoms with van der Waals surface area (Å²) in [5, 5.41) is 29.5. The summed E-state index contributed by atoms with van der Waals surface area (Å²) in [6, 6.07) is 0. The van der Waals surface area contributed by atoms with Crippen LogP contribution in [0, 0.1) is 30.6 Å². The molecule has 0 aliphatic heterocycles. The second kappa shape index (κ2) is 33.0. The molecule has 12 heavy (non-hydrogen) atoms. The minimum atomic E-state index is -1.75. The standard InChI is InChI=1S/Co.2NO3.3H2O/c;2*2-1(3)4;;;/h;;;3*1H2/q+2;2*-1;;;. The Morgan fingerprint density at radius 1 is 0.667 bits per heavy atom. The summed E-state index contributed by atoms with van der Waals surface area (Å²) in [5.74, 6) is 0. The summed E-state index contributed by atoms with van der Waals surface area (Å²) in [6.07, 6.45) is 0. The minimum absolute atomic E-state index is 0. The molecule has 6 N–H and O–H groups in total.